The SMILES string of the molecule is Cc1nc(C)c(C(=O)N/N=C/c2ccccn2)s1. The summed E-state index contributed by atoms with van der Waals surface area (Å²) in [6.45, 7) is 3.67. The van der Waals surface area contributed by atoms with Crippen molar-refractivity contribution >= 4 is 23.5 Å². The molecule has 0 aliphatic carbocycles. The molecule has 2 heterocycles. The van der Waals surface area contributed by atoms with Crippen molar-refractivity contribution in [2.75, 3.05) is 0 Å². The average Bonchev–Trinajstić information content (AvgIpc) is 2.70. The molecule has 0 aliphatic heterocycles. The number of pyridine rings is 1. The van der Waals surface area contributed by atoms with E-state index in [1.807, 2.05) is 19.1 Å². The van der Waals surface area contributed by atoms with E-state index in [1.165, 1.54) is 17.6 Å². The fraction of sp³-hybridized carbons (Fsp3) is 0.167. The van der Waals surface area contributed by atoms with E-state index < -0.39 is 0 Å². The minimum Gasteiger partial charge on any atom is -0.266 e. The third kappa shape index (κ3) is 2.98. The number of nitrogens with zero attached hydrogens (tertiary/aromatic N) is 3. The van der Waals surface area contributed by atoms with Crippen LogP contribution in [0.25, 0.3) is 0 Å². The van der Waals surface area contributed by atoms with Crippen molar-refractivity contribution in [2.24, 2.45) is 5.10 Å². The van der Waals surface area contributed by atoms with Crippen LogP contribution in [0.4, 0.5) is 0 Å². The summed E-state index contributed by atoms with van der Waals surface area (Å²) in [7, 11) is 0. The van der Waals surface area contributed by atoms with Gasteiger partial charge in [-0.05, 0) is 26.0 Å². The topological polar surface area (TPSA) is 67.2 Å². The predicted molar refractivity (Wildman–Crippen MR) is 70.9 cm³/mol. The summed E-state index contributed by atoms with van der Waals surface area (Å²) in [6, 6.07) is 5.48. The van der Waals surface area contributed by atoms with Gasteiger partial charge in [0.25, 0.3) is 5.91 Å². The number of hydrazone groups is 1. The Bertz CT molecular complexity index is 577. The molecule has 0 unspecified atom stereocenters. The van der Waals surface area contributed by atoms with Gasteiger partial charge in [0, 0.05) is 6.20 Å². The normalized spacial score (nSPS) is 10.8. The number of hydrogen-bond donors (Lipinski definition) is 1. The average molecular weight is 260 g/mol. The molecule has 1 amide bonds. The molecule has 0 saturated heterocycles. The Morgan fingerprint density at radius 2 is 2.28 bits per heavy atom. The molecule has 0 radical (unpaired) electrons. The van der Waals surface area contributed by atoms with Gasteiger partial charge >= 0.3 is 0 Å². The van der Waals surface area contributed by atoms with Gasteiger partial charge in [0.1, 0.15) is 4.88 Å². The first-order valence-corrected chi connectivity index (χ1v) is 6.17. The maximum atomic E-state index is 11.8. The van der Waals surface area contributed by atoms with Crippen molar-refractivity contribution in [2.45, 2.75) is 13.8 Å². The van der Waals surface area contributed by atoms with Gasteiger partial charge in [-0.1, -0.05) is 6.07 Å². The number of rotatable bonds is 3. The fourth-order valence-corrected chi connectivity index (χ4v) is 2.21. The van der Waals surface area contributed by atoms with Crippen molar-refractivity contribution in [3.63, 3.8) is 0 Å². The molecule has 6 heteroatoms. The molecule has 92 valence electrons. The van der Waals surface area contributed by atoms with E-state index in [1.54, 1.807) is 19.2 Å². The summed E-state index contributed by atoms with van der Waals surface area (Å²) in [4.78, 5) is 20.6. The molecule has 0 saturated carbocycles. The van der Waals surface area contributed by atoms with E-state index in [2.05, 4.69) is 20.5 Å². The number of aryl methyl sites for hydroxylation is 2. The lowest BCUT2D eigenvalue weighted by Crippen LogP contribution is -2.17. The van der Waals surface area contributed by atoms with E-state index in [0.717, 1.165) is 10.7 Å². The van der Waals surface area contributed by atoms with E-state index in [9.17, 15) is 4.79 Å². The Hall–Kier alpha value is -2.08. The minimum absolute atomic E-state index is 0.245. The Morgan fingerprint density at radius 1 is 1.44 bits per heavy atom. The summed E-state index contributed by atoms with van der Waals surface area (Å²) in [5.41, 5.74) is 3.88. The third-order valence-electron chi connectivity index (χ3n) is 2.16. The largest absolute Gasteiger partial charge is 0.283 e. The fourth-order valence-electron chi connectivity index (χ4n) is 1.40. The first-order valence-electron chi connectivity index (χ1n) is 5.35. The summed E-state index contributed by atoms with van der Waals surface area (Å²) < 4.78 is 0. The molecular weight excluding hydrogens is 248 g/mol. The van der Waals surface area contributed by atoms with Crippen LogP contribution in [0.3, 0.4) is 0 Å². The molecule has 2 aromatic heterocycles. The zero-order valence-electron chi connectivity index (χ0n) is 10.0. The molecule has 0 aromatic carbocycles. The highest BCUT2D eigenvalue weighted by atomic mass is 32.1. The summed E-state index contributed by atoms with van der Waals surface area (Å²) in [5, 5.41) is 4.73. The number of thiazole rings is 1. The Kier molecular flexibility index (Phi) is 3.78. The molecule has 2 rings (SSSR count). The third-order valence-corrected chi connectivity index (χ3v) is 3.23. The van der Waals surface area contributed by atoms with Gasteiger partial charge in [0.15, 0.2) is 0 Å². The van der Waals surface area contributed by atoms with E-state index in [0.29, 0.717) is 10.6 Å². The summed E-state index contributed by atoms with van der Waals surface area (Å²) in [6.07, 6.45) is 3.17. The molecule has 0 bridgehead atoms. The van der Waals surface area contributed by atoms with Crippen molar-refractivity contribution in [3.05, 3.63) is 45.7 Å². The Balaban J connectivity index is 2.01. The lowest BCUT2D eigenvalue weighted by molar-refractivity contribution is 0.0958. The second kappa shape index (κ2) is 5.50. The highest BCUT2D eigenvalue weighted by Gasteiger charge is 2.12. The maximum absolute atomic E-state index is 11.8. The summed E-state index contributed by atoms with van der Waals surface area (Å²) in [5.74, 6) is -0.245. The molecule has 2 aromatic rings. The lowest BCUT2D eigenvalue weighted by Gasteiger charge is -1.96. The van der Waals surface area contributed by atoms with Crippen LogP contribution in [0.5, 0.6) is 0 Å². The molecule has 0 fully saturated rings. The van der Waals surface area contributed by atoms with Crippen LogP contribution in [0.1, 0.15) is 26.1 Å². The molecule has 1 N–H and O–H groups in total. The number of carbonyl (C=O) groups is 1. The summed E-state index contributed by atoms with van der Waals surface area (Å²) >= 11 is 1.36. The van der Waals surface area contributed by atoms with Crippen LogP contribution in [0.15, 0.2) is 29.5 Å². The highest BCUT2D eigenvalue weighted by Crippen LogP contribution is 2.16. The first kappa shape index (κ1) is 12.4. The van der Waals surface area contributed by atoms with Gasteiger partial charge in [-0.2, -0.15) is 5.10 Å². The number of aromatic nitrogens is 2. The van der Waals surface area contributed by atoms with Crippen molar-refractivity contribution < 1.29 is 4.79 Å². The van der Waals surface area contributed by atoms with E-state index in [-0.39, 0.29) is 5.91 Å². The number of hydrogen-bond acceptors (Lipinski definition) is 5. The lowest BCUT2D eigenvalue weighted by atomic mass is 10.4. The molecular formula is C12H12N4OS. The standard InChI is InChI=1S/C12H12N4OS/c1-8-11(18-9(2)15-8)12(17)16-14-7-10-5-3-4-6-13-10/h3-7H,1-2H3,(H,16,17)/b14-7+. The predicted octanol–water partition coefficient (Wildman–Crippen LogP) is 1.92. The smallest absolute Gasteiger partial charge is 0.266 e. The van der Waals surface area contributed by atoms with Crippen molar-refractivity contribution in [1.29, 1.82) is 0 Å². The first-order chi connectivity index (χ1) is 8.66. The second-order valence-electron chi connectivity index (χ2n) is 3.60. The zero-order valence-corrected chi connectivity index (χ0v) is 10.9. The van der Waals surface area contributed by atoms with Crippen LogP contribution >= 0.6 is 11.3 Å². The van der Waals surface area contributed by atoms with E-state index in [4.69, 9.17) is 0 Å². The molecule has 0 aliphatic rings. The number of nitrogens with one attached hydrogen (secondary N) is 1. The van der Waals surface area contributed by atoms with Gasteiger partial charge in [-0.15, -0.1) is 11.3 Å². The monoisotopic (exact) mass is 260 g/mol. The van der Waals surface area contributed by atoms with E-state index >= 15 is 0 Å². The highest BCUT2D eigenvalue weighted by molar-refractivity contribution is 7.13. The second-order valence-corrected chi connectivity index (χ2v) is 4.80. The van der Waals surface area contributed by atoms with Crippen LogP contribution in [0.2, 0.25) is 0 Å². The van der Waals surface area contributed by atoms with Crippen molar-refractivity contribution in [1.82, 2.24) is 15.4 Å². The minimum atomic E-state index is -0.245. The van der Waals surface area contributed by atoms with Crippen molar-refractivity contribution in [3.8, 4) is 0 Å². The number of amides is 1. The van der Waals surface area contributed by atoms with Gasteiger partial charge in [0.2, 0.25) is 0 Å². The van der Waals surface area contributed by atoms with Gasteiger partial charge in [-0.3, -0.25) is 9.78 Å². The van der Waals surface area contributed by atoms with Crippen LogP contribution in [-0.2, 0) is 0 Å². The zero-order chi connectivity index (χ0) is 13.0. The Labute approximate surface area is 109 Å². The number of carbonyl (C=O) groups excluding carboxylic acids is 1. The Morgan fingerprint density at radius 3 is 2.89 bits per heavy atom. The quantitative estimate of drug-likeness (QED) is 0.677. The van der Waals surface area contributed by atoms with Gasteiger partial charge in [0.05, 0.1) is 22.6 Å². The molecule has 5 nitrogen and oxygen atoms in total. The van der Waals surface area contributed by atoms with Crippen LogP contribution in [-0.4, -0.2) is 22.1 Å². The molecule has 18 heavy (non-hydrogen) atoms. The molecule has 0 spiro atoms. The van der Waals surface area contributed by atoms with Gasteiger partial charge < -0.3 is 0 Å². The molecule has 0 atom stereocenters. The van der Waals surface area contributed by atoms with Crippen LogP contribution in [0, 0.1) is 13.8 Å². The maximum Gasteiger partial charge on any atom is 0.283 e. The van der Waals surface area contributed by atoms with Gasteiger partial charge in [-0.25, -0.2) is 10.4 Å². The van der Waals surface area contributed by atoms with Crippen LogP contribution < -0.4 is 5.43 Å².